The lowest BCUT2D eigenvalue weighted by Crippen LogP contribution is -2.26. The van der Waals surface area contributed by atoms with Crippen LogP contribution in [0.1, 0.15) is 105 Å². The lowest BCUT2D eigenvalue weighted by molar-refractivity contribution is 0.479. The van der Waals surface area contributed by atoms with Crippen LogP contribution >= 0.6 is 0 Å². The molecule has 0 saturated heterocycles. The number of hydrogen-bond acceptors (Lipinski definition) is 4. The number of pyridine rings is 1. The first-order valence-corrected chi connectivity index (χ1v) is 19.0. The van der Waals surface area contributed by atoms with Crippen molar-refractivity contribution in [2.75, 3.05) is 16.5 Å². The van der Waals surface area contributed by atoms with Gasteiger partial charge in [0, 0.05) is 52.9 Å². The Morgan fingerprint density at radius 3 is 1.64 bits per heavy atom. The highest BCUT2D eigenvalue weighted by atomic mass is 16.5. The summed E-state index contributed by atoms with van der Waals surface area (Å²) in [5, 5.41) is 2.37. The van der Waals surface area contributed by atoms with Crippen molar-refractivity contribution in [2.45, 2.75) is 105 Å². The fourth-order valence-electron chi connectivity index (χ4n) is 7.04. The van der Waals surface area contributed by atoms with Gasteiger partial charge >= 0.3 is 0 Å². The first kappa shape index (κ1) is 36.3. The quantitative estimate of drug-likeness (QED) is 0.179. The van der Waals surface area contributed by atoms with E-state index in [9.17, 15) is 0 Å². The van der Waals surface area contributed by atoms with Crippen molar-refractivity contribution >= 4 is 33.2 Å². The smallest absolute Gasteiger partial charge is 0.137 e. The Labute approximate surface area is 316 Å². The average Bonchev–Trinajstić information content (AvgIpc) is 3.70. The highest BCUT2D eigenvalue weighted by Crippen LogP contribution is 2.40. The molecular weight excluding hydrogens is 649 g/mol. The van der Waals surface area contributed by atoms with E-state index < -0.39 is 0 Å². The lowest BCUT2D eigenvalue weighted by Gasteiger charge is -2.29. The van der Waals surface area contributed by atoms with E-state index in [4.69, 9.17) is 9.72 Å². The Morgan fingerprint density at radius 1 is 0.491 bits per heavy atom. The Kier molecular flexibility index (Phi) is 8.79. The van der Waals surface area contributed by atoms with E-state index in [0.717, 1.165) is 40.7 Å². The van der Waals surface area contributed by atoms with Gasteiger partial charge in [-0.15, -0.1) is 0 Å². The molecule has 0 radical (unpaired) electrons. The van der Waals surface area contributed by atoms with Crippen molar-refractivity contribution in [3.8, 4) is 17.3 Å². The fraction of sp³-hybridized carbons (Fsp3) is 0.354. The summed E-state index contributed by atoms with van der Waals surface area (Å²) in [6, 6.07) is 33.1. The van der Waals surface area contributed by atoms with Crippen LogP contribution in [0.15, 0.2) is 110 Å². The third-order valence-corrected chi connectivity index (χ3v) is 10.5. The molecule has 5 heteroatoms. The Bertz CT molecular complexity index is 2320. The second-order valence-electron chi connectivity index (χ2n) is 18.9. The zero-order valence-corrected chi connectivity index (χ0v) is 33.8. The summed E-state index contributed by atoms with van der Waals surface area (Å²) in [5.41, 5.74) is 9.74. The van der Waals surface area contributed by atoms with Gasteiger partial charge < -0.3 is 14.5 Å². The average molecular weight is 705 g/mol. The number of anilines is 2. The van der Waals surface area contributed by atoms with Crippen molar-refractivity contribution in [1.82, 2.24) is 9.55 Å². The number of hydrogen-bond donors (Lipinski definition) is 0. The zero-order valence-electron chi connectivity index (χ0n) is 33.8. The van der Waals surface area contributed by atoms with Crippen LogP contribution in [0.4, 0.5) is 11.4 Å². The van der Waals surface area contributed by atoms with Gasteiger partial charge in [-0.25, -0.2) is 4.98 Å². The molecule has 2 aromatic heterocycles. The molecule has 3 heterocycles. The molecule has 6 aromatic rings. The summed E-state index contributed by atoms with van der Waals surface area (Å²) in [6.45, 7) is 28.0. The van der Waals surface area contributed by atoms with Crippen LogP contribution in [0.2, 0.25) is 0 Å². The van der Waals surface area contributed by atoms with Crippen LogP contribution in [0.25, 0.3) is 27.6 Å². The molecule has 0 unspecified atom stereocenters. The minimum absolute atomic E-state index is 0.00783. The van der Waals surface area contributed by atoms with E-state index in [-0.39, 0.29) is 21.7 Å². The van der Waals surface area contributed by atoms with Crippen LogP contribution in [0.5, 0.6) is 11.5 Å². The monoisotopic (exact) mass is 704 g/mol. The molecule has 4 aromatic carbocycles. The standard InChI is InChI=1S/C48H56N4O/c1-45(2,3)32-19-20-49-44(28-32)52-42-16-14-13-15-40(42)41-18-17-38(30-43(41)52)53-39-27-35(48(10,11)12)26-37(29-39)51-22-21-50(31-51)36-24-33(46(4,5)6)23-34(25-36)47(7,8)9/h13-30H,31H2,1-12H3. The van der Waals surface area contributed by atoms with Crippen molar-refractivity contribution in [3.63, 3.8) is 0 Å². The molecule has 0 fully saturated rings. The van der Waals surface area contributed by atoms with E-state index in [1.165, 1.54) is 38.7 Å². The maximum atomic E-state index is 6.81. The molecule has 1 aliphatic heterocycles. The maximum absolute atomic E-state index is 6.81. The van der Waals surface area contributed by atoms with E-state index in [1.807, 2.05) is 6.20 Å². The lowest BCUT2D eigenvalue weighted by atomic mass is 9.80. The largest absolute Gasteiger partial charge is 0.457 e. The third-order valence-electron chi connectivity index (χ3n) is 10.5. The second kappa shape index (κ2) is 12.8. The van der Waals surface area contributed by atoms with Gasteiger partial charge in [-0.2, -0.15) is 0 Å². The number of ether oxygens (including phenoxy) is 1. The number of nitrogens with zero attached hydrogens (tertiary/aromatic N) is 4. The Hall–Kier alpha value is -5.03. The number of rotatable bonds is 5. The highest BCUT2D eigenvalue weighted by Gasteiger charge is 2.25. The predicted molar refractivity (Wildman–Crippen MR) is 225 cm³/mol. The number of aromatic nitrogens is 2. The van der Waals surface area contributed by atoms with Crippen molar-refractivity contribution in [1.29, 1.82) is 0 Å². The summed E-state index contributed by atoms with van der Waals surface area (Å²) in [4.78, 5) is 9.54. The molecule has 0 spiro atoms. The first-order chi connectivity index (χ1) is 24.8. The Balaban J connectivity index is 1.25. The summed E-state index contributed by atoms with van der Waals surface area (Å²) in [7, 11) is 0. The van der Waals surface area contributed by atoms with Gasteiger partial charge in [-0.05, 0) is 98.5 Å². The molecule has 0 bridgehead atoms. The molecule has 0 N–H and O–H groups in total. The normalized spacial score (nSPS) is 14.2. The van der Waals surface area contributed by atoms with Gasteiger partial charge in [0.25, 0.3) is 0 Å². The van der Waals surface area contributed by atoms with Gasteiger partial charge in [0.15, 0.2) is 0 Å². The van der Waals surface area contributed by atoms with E-state index >= 15 is 0 Å². The molecule has 7 rings (SSSR count). The van der Waals surface area contributed by atoms with Gasteiger partial charge in [0.1, 0.15) is 17.3 Å². The van der Waals surface area contributed by atoms with E-state index in [2.05, 4.69) is 201 Å². The molecule has 0 atom stereocenters. The molecule has 53 heavy (non-hydrogen) atoms. The number of fused-ring (bicyclic) bond motifs is 3. The second-order valence-corrected chi connectivity index (χ2v) is 18.9. The third kappa shape index (κ3) is 7.31. The molecular formula is C48H56N4O. The zero-order chi connectivity index (χ0) is 38.1. The van der Waals surface area contributed by atoms with Crippen LogP contribution in [0, 0.1) is 0 Å². The molecule has 5 nitrogen and oxygen atoms in total. The first-order valence-electron chi connectivity index (χ1n) is 19.0. The van der Waals surface area contributed by atoms with Crippen LogP contribution in [-0.2, 0) is 21.7 Å². The van der Waals surface area contributed by atoms with Gasteiger partial charge in [-0.3, -0.25) is 4.57 Å². The van der Waals surface area contributed by atoms with Crippen LogP contribution in [-0.4, -0.2) is 16.2 Å². The number of benzene rings is 4. The fourth-order valence-corrected chi connectivity index (χ4v) is 7.04. The summed E-state index contributed by atoms with van der Waals surface area (Å²) < 4.78 is 9.08. The summed E-state index contributed by atoms with van der Waals surface area (Å²) >= 11 is 0. The van der Waals surface area contributed by atoms with Gasteiger partial charge in [0.05, 0.1) is 17.7 Å². The van der Waals surface area contributed by atoms with E-state index in [1.54, 1.807) is 0 Å². The van der Waals surface area contributed by atoms with Crippen LogP contribution in [0.3, 0.4) is 0 Å². The maximum Gasteiger partial charge on any atom is 0.137 e. The van der Waals surface area contributed by atoms with Crippen molar-refractivity contribution in [3.05, 3.63) is 132 Å². The molecule has 0 amide bonds. The molecule has 274 valence electrons. The Morgan fingerprint density at radius 2 is 1.04 bits per heavy atom. The summed E-state index contributed by atoms with van der Waals surface area (Å²) in [5.74, 6) is 2.52. The molecule has 0 saturated carbocycles. The molecule has 1 aliphatic rings. The SMILES string of the molecule is CC(C)(C)c1cc(Oc2ccc3c4ccccc4n(-c4cc(C(C)(C)C)ccn4)c3c2)cc(N2C=CN(c3cc(C(C)(C)C)cc(C(C)(C)C)c3)C2)c1. The van der Waals surface area contributed by atoms with Gasteiger partial charge in [0.2, 0.25) is 0 Å². The van der Waals surface area contributed by atoms with E-state index in [0.29, 0.717) is 0 Å². The van der Waals surface area contributed by atoms with Crippen molar-refractivity contribution in [2.24, 2.45) is 0 Å². The topological polar surface area (TPSA) is 33.5 Å². The minimum atomic E-state index is -0.0694. The summed E-state index contributed by atoms with van der Waals surface area (Å²) in [6.07, 6.45) is 6.32. The van der Waals surface area contributed by atoms with Crippen LogP contribution < -0.4 is 14.5 Å². The van der Waals surface area contributed by atoms with Crippen molar-refractivity contribution < 1.29 is 4.74 Å². The molecule has 0 aliphatic carbocycles. The highest BCUT2D eigenvalue weighted by molar-refractivity contribution is 6.09. The van der Waals surface area contributed by atoms with Gasteiger partial charge in [-0.1, -0.05) is 107 Å². The predicted octanol–water partition coefficient (Wildman–Crippen LogP) is 12.9. The minimum Gasteiger partial charge on any atom is -0.457 e. The number of para-hydroxylation sites is 1.